The molecule has 0 aliphatic heterocycles. The molecule has 6 nitrogen and oxygen atoms in total. The standard InChI is InChI=1S/C19H21FN2O4S2/c1-11-2-7-14-15(10-11)27-19(17(14)18(21)24)22-16(23)8-9-28(25,26)13-5-3-12(20)4-6-13/h3-6,11H,2,7-10H2,1H3,(H2,21,24)(H,22,23). The maximum Gasteiger partial charge on any atom is 0.251 e. The van der Waals surface area contributed by atoms with Crippen LogP contribution in [0.2, 0.25) is 0 Å². The van der Waals surface area contributed by atoms with Crippen LogP contribution in [0.4, 0.5) is 9.39 Å². The van der Waals surface area contributed by atoms with E-state index in [1.165, 1.54) is 23.5 Å². The first-order valence-electron chi connectivity index (χ1n) is 8.90. The molecular formula is C19H21FN2O4S2. The van der Waals surface area contributed by atoms with Crippen molar-refractivity contribution in [3.63, 3.8) is 0 Å². The molecule has 1 aliphatic carbocycles. The number of hydrogen-bond donors (Lipinski definition) is 2. The van der Waals surface area contributed by atoms with E-state index in [0.717, 1.165) is 41.8 Å². The van der Waals surface area contributed by atoms with Crippen LogP contribution in [0.5, 0.6) is 0 Å². The fourth-order valence-electron chi connectivity index (χ4n) is 3.28. The number of benzene rings is 1. The average molecular weight is 425 g/mol. The van der Waals surface area contributed by atoms with Crippen LogP contribution in [0.3, 0.4) is 0 Å². The summed E-state index contributed by atoms with van der Waals surface area (Å²) < 4.78 is 37.6. The fourth-order valence-corrected chi connectivity index (χ4v) is 5.95. The van der Waals surface area contributed by atoms with E-state index in [4.69, 9.17) is 5.73 Å². The smallest absolute Gasteiger partial charge is 0.251 e. The molecule has 0 bridgehead atoms. The predicted octanol–water partition coefficient (Wildman–Crippen LogP) is 2.91. The minimum absolute atomic E-state index is 0.0416. The molecule has 0 spiro atoms. The second-order valence-corrected chi connectivity index (χ2v) is 10.2. The molecule has 1 aromatic carbocycles. The van der Waals surface area contributed by atoms with Crippen LogP contribution in [0.25, 0.3) is 0 Å². The number of fused-ring (bicyclic) bond motifs is 1. The van der Waals surface area contributed by atoms with Crippen LogP contribution in [-0.4, -0.2) is 26.0 Å². The van der Waals surface area contributed by atoms with E-state index in [0.29, 0.717) is 16.5 Å². The first-order valence-corrected chi connectivity index (χ1v) is 11.4. The van der Waals surface area contributed by atoms with Gasteiger partial charge in [0.25, 0.3) is 5.91 Å². The SMILES string of the molecule is CC1CCc2c(sc(NC(=O)CCS(=O)(=O)c3ccc(F)cc3)c2C(N)=O)C1. The van der Waals surface area contributed by atoms with Crippen LogP contribution in [-0.2, 0) is 27.5 Å². The summed E-state index contributed by atoms with van der Waals surface area (Å²) in [7, 11) is -3.72. The van der Waals surface area contributed by atoms with Crippen molar-refractivity contribution in [3.8, 4) is 0 Å². The molecule has 2 amide bonds. The number of thiophene rings is 1. The van der Waals surface area contributed by atoms with Gasteiger partial charge in [-0.05, 0) is 55.0 Å². The Hall–Kier alpha value is -2.26. The monoisotopic (exact) mass is 424 g/mol. The van der Waals surface area contributed by atoms with E-state index in [-0.39, 0.29) is 11.3 Å². The number of anilines is 1. The first-order chi connectivity index (χ1) is 13.2. The summed E-state index contributed by atoms with van der Waals surface area (Å²) in [4.78, 5) is 25.2. The Labute approximate surface area is 166 Å². The molecule has 1 heterocycles. The second-order valence-electron chi connectivity index (χ2n) is 6.99. The van der Waals surface area contributed by atoms with Crippen LogP contribution >= 0.6 is 11.3 Å². The van der Waals surface area contributed by atoms with Crippen LogP contribution < -0.4 is 11.1 Å². The minimum Gasteiger partial charge on any atom is -0.365 e. The molecule has 1 unspecified atom stereocenters. The van der Waals surface area contributed by atoms with Crippen molar-refractivity contribution in [1.29, 1.82) is 0 Å². The van der Waals surface area contributed by atoms with E-state index in [1.807, 2.05) is 0 Å². The van der Waals surface area contributed by atoms with Crippen molar-refractivity contribution in [2.45, 2.75) is 37.5 Å². The first kappa shape index (κ1) is 20.5. The Balaban J connectivity index is 1.71. The number of rotatable bonds is 6. The van der Waals surface area contributed by atoms with Crippen LogP contribution in [0.15, 0.2) is 29.2 Å². The zero-order chi connectivity index (χ0) is 20.5. The van der Waals surface area contributed by atoms with Gasteiger partial charge in [-0.2, -0.15) is 0 Å². The molecule has 3 N–H and O–H groups in total. The maximum atomic E-state index is 13.0. The molecule has 0 radical (unpaired) electrons. The summed E-state index contributed by atoms with van der Waals surface area (Å²) >= 11 is 1.33. The maximum absolute atomic E-state index is 13.0. The number of hydrogen-bond acceptors (Lipinski definition) is 5. The Bertz CT molecular complexity index is 1010. The van der Waals surface area contributed by atoms with Gasteiger partial charge in [0.15, 0.2) is 9.84 Å². The Morgan fingerprint density at radius 2 is 1.96 bits per heavy atom. The number of sulfone groups is 1. The molecule has 3 rings (SSSR count). The predicted molar refractivity (Wildman–Crippen MR) is 106 cm³/mol. The third-order valence-electron chi connectivity index (χ3n) is 4.78. The normalized spacial score (nSPS) is 16.4. The largest absolute Gasteiger partial charge is 0.365 e. The number of carbonyl (C=O) groups excluding carboxylic acids is 2. The third-order valence-corrected chi connectivity index (χ3v) is 7.68. The van der Waals surface area contributed by atoms with E-state index < -0.39 is 33.2 Å². The van der Waals surface area contributed by atoms with Gasteiger partial charge in [-0.1, -0.05) is 6.92 Å². The number of nitrogens with two attached hydrogens (primary N) is 1. The molecular weight excluding hydrogens is 403 g/mol. The van der Waals surface area contributed by atoms with Crippen LogP contribution in [0, 0.1) is 11.7 Å². The van der Waals surface area contributed by atoms with Gasteiger partial charge in [0.05, 0.1) is 16.2 Å². The molecule has 0 saturated heterocycles. The number of primary amides is 1. The van der Waals surface area contributed by atoms with Crippen molar-refractivity contribution in [2.24, 2.45) is 11.7 Å². The lowest BCUT2D eigenvalue weighted by Crippen LogP contribution is -2.21. The molecule has 0 saturated carbocycles. The number of halogens is 1. The molecule has 1 aliphatic rings. The van der Waals surface area contributed by atoms with Gasteiger partial charge in [0.1, 0.15) is 10.8 Å². The molecule has 2 aromatic rings. The van der Waals surface area contributed by atoms with E-state index in [1.54, 1.807) is 0 Å². The molecule has 0 fully saturated rings. The van der Waals surface area contributed by atoms with Crippen molar-refractivity contribution in [3.05, 3.63) is 46.1 Å². The van der Waals surface area contributed by atoms with Gasteiger partial charge in [0, 0.05) is 11.3 Å². The summed E-state index contributed by atoms with van der Waals surface area (Å²) in [5.41, 5.74) is 6.74. The second kappa shape index (κ2) is 8.00. The molecule has 28 heavy (non-hydrogen) atoms. The zero-order valence-electron chi connectivity index (χ0n) is 15.3. The van der Waals surface area contributed by atoms with Crippen molar-refractivity contribution in [2.75, 3.05) is 11.1 Å². The summed E-state index contributed by atoms with van der Waals surface area (Å²) in [6.45, 7) is 2.13. The van der Waals surface area contributed by atoms with Gasteiger partial charge < -0.3 is 11.1 Å². The lowest BCUT2D eigenvalue weighted by molar-refractivity contribution is -0.115. The molecule has 150 valence electrons. The van der Waals surface area contributed by atoms with Crippen molar-refractivity contribution in [1.82, 2.24) is 0 Å². The highest BCUT2D eigenvalue weighted by Gasteiger charge is 2.27. The molecule has 1 aromatic heterocycles. The summed E-state index contributed by atoms with van der Waals surface area (Å²) in [5, 5.41) is 3.04. The highest BCUT2D eigenvalue weighted by atomic mass is 32.2. The van der Waals surface area contributed by atoms with Gasteiger partial charge in [-0.25, -0.2) is 12.8 Å². The van der Waals surface area contributed by atoms with Gasteiger partial charge in [-0.15, -0.1) is 11.3 Å². The van der Waals surface area contributed by atoms with Crippen molar-refractivity contribution >= 4 is 38.0 Å². The topological polar surface area (TPSA) is 106 Å². The Morgan fingerprint density at radius 1 is 1.29 bits per heavy atom. The summed E-state index contributed by atoms with van der Waals surface area (Å²) in [6, 6.07) is 4.46. The summed E-state index contributed by atoms with van der Waals surface area (Å²) in [6.07, 6.45) is 2.24. The number of carbonyl (C=O) groups is 2. The highest BCUT2D eigenvalue weighted by Crippen LogP contribution is 2.39. The Morgan fingerprint density at radius 3 is 2.61 bits per heavy atom. The van der Waals surface area contributed by atoms with Crippen molar-refractivity contribution < 1.29 is 22.4 Å². The van der Waals surface area contributed by atoms with Gasteiger partial charge in [0.2, 0.25) is 5.91 Å². The lowest BCUT2D eigenvalue weighted by atomic mass is 9.88. The minimum atomic E-state index is -3.72. The third kappa shape index (κ3) is 4.41. The lowest BCUT2D eigenvalue weighted by Gasteiger charge is -2.18. The van der Waals surface area contributed by atoms with Crippen LogP contribution in [0.1, 0.15) is 40.6 Å². The zero-order valence-corrected chi connectivity index (χ0v) is 17.0. The van der Waals surface area contributed by atoms with E-state index in [9.17, 15) is 22.4 Å². The quantitative estimate of drug-likeness (QED) is 0.695. The van der Waals surface area contributed by atoms with Gasteiger partial charge in [-0.3, -0.25) is 9.59 Å². The molecule has 1 atom stereocenters. The van der Waals surface area contributed by atoms with E-state index in [2.05, 4.69) is 12.2 Å². The number of amides is 2. The highest BCUT2D eigenvalue weighted by molar-refractivity contribution is 7.91. The molecule has 9 heteroatoms. The summed E-state index contributed by atoms with van der Waals surface area (Å²) in [5.74, 6) is -1.57. The van der Waals surface area contributed by atoms with Gasteiger partial charge >= 0.3 is 0 Å². The average Bonchev–Trinajstić information content (AvgIpc) is 2.97. The number of nitrogens with one attached hydrogen (secondary N) is 1. The fraction of sp³-hybridized carbons (Fsp3) is 0.368. The Kier molecular flexibility index (Phi) is 5.85. The van der Waals surface area contributed by atoms with E-state index >= 15 is 0 Å².